The molecular weight excluding hydrogens is 390 g/mol. The van der Waals surface area contributed by atoms with E-state index in [1.807, 2.05) is 29.3 Å². The van der Waals surface area contributed by atoms with Crippen LogP contribution in [0.25, 0.3) is 10.2 Å². The monoisotopic (exact) mass is 411 g/mol. The molecule has 7 heteroatoms. The van der Waals surface area contributed by atoms with E-state index in [-0.39, 0.29) is 16.7 Å². The first-order valence-electron chi connectivity index (χ1n) is 9.19. The average Bonchev–Trinajstić information content (AvgIpc) is 3.18. The summed E-state index contributed by atoms with van der Waals surface area (Å²) in [5.74, 6) is 0.0742. The molecule has 0 saturated carbocycles. The largest absolute Gasteiger partial charge is 0.337 e. The van der Waals surface area contributed by atoms with Crippen molar-refractivity contribution >= 4 is 39.2 Å². The molecule has 0 N–H and O–H groups in total. The summed E-state index contributed by atoms with van der Waals surface area (Å²) in [6.45, 7) is 7.36. The van der Waals surface area contributed by atoms with Crippen LogP contribution in [0, 0.1) is 0 Å². The molecule has 0 fully saturated rings. The van der Waals surface area contributed by atoms with Gasteiger partial charge in [0.1, 0.15) is 4.83 Å². The standard InChI is InChI=1S/C21H21N3O2S2/c1-3-10-24-20(26)17-9-12-27-18(17)22-21(24)28-14(2)19(25)23-11-8-15-6-4-5-7-16(15)13-23/h3-7,9,12,14H,1,8,10-11,13H2,2H3. The number of thiophene rings is 1. The van der Waals surface area contributed by atoms with E-state index < -0.39 is 0 Å². The van der Waals surface area contributed by atoms with E-state index in [0.29, 0.717) is 28.5 Å². The zero-order valence-corrected chi connectivity index (χ0v) is 17.3. The maximum atomic E-state index is 13.1. The van der Waals surface area contributed by atoms with Gasteiger partial charge in [-0.25, -0.2) is 4.98 Å². The van der Waals surface area contributed by atoms with Crippen molar-refractivity contribution in [3.8, 4) is 0 Å². The number of rotatable bonds is 5. The highest BCUT2D eigenvalue weighted by Crippen LogP contribution is 2.27. The van der Waals surface area contributed by atoms with Crippen molar-refractivity contribution in [2.24, 2.45) is 0 Å². The molecule has 0 bridgehead atoms. The molecule has 4 rings (SSSR count). The van der Waals surface area contributed by atoms with Crippen LogP contribution in [0.5, 0.6) is 0 Å². The molecule has 5 nitrogen and oxygen atoms in total. The SMILES string of the molecule is C=CCn1c(SC(C)C(=O)N2CCc3ccccc3C2)nc2sccc2c1=O. The summed E-state index contributed by atoms with van der Waals surface area (Å²) in [5.41, 5.74) is 2.44. The third-order valence-corrected chi connectivity index (χ3v) is 6.82. The van der Waals surface area contributed by atoms with Gasteiger partial charge in [0.05, 0.1) is 10.6 Å². The molecule has 1 atom stereocenters. The van der Waals surface area contributed by atoms with Crippen molar-refractivity contribution in [3.05, 3.63) is 69.8 Å². The number of thioether (sulfide) groups is 1. The first-order chi connectivity index (χ1) is 13.6. The van der Waals surface area contributed by atoms with Gasteiger partial charge in [-0.05, 0) is 35.9 Å². The molecule has 1 aliphatic heterocycles. The highest BCUT2D eigenvalue weighted by atomic mass is 32.2. The smallest absolute Gasteiger partial charge is 0.263 e. The Hall–Kier alpha value is -2.38. The molecule has 0 aliphatic carbocycles. The molecule has 0 radical (unpaired) electrons. The number of carbonyl (C=O) groups is 1. The van der Waals surface area contributed by atoms with Crippen molar-refractivity contribution < 1.29 is 4.79 Å². The summed E-state index contributed by atoms with van der Waals surface area (Å²) in [6, 6.07) is 10.1. The molecule has 2 aromatic heterocycles. The summed E-state index contributed by atoms with van der Waals surface area (Å²) >= 11 is 2.78. The van der Waals surface area contributed by atoms with Crippen LogP contribution in [0.1, 0.15) is 18.1 Å². The number of amides is 1. The van der Waals surface area contributed by atoms with Crippen LogP contribution >= 0.6 is 23.1 Å². The molecule has 1 amide bonds. The number of carbonyl (C=O) groups excluding carboxylic acids is 1. The summed E-state index contributed by atoms with van der Waals surface area (Å²) in [5, 5.41) is 2.72. The zero-order valence-electron chi connectivity index (χ0n) is 15.6. The first kappa shape index (κ1) is 19.0. The number of aromatic nitrogens is 2. The number of allylic oxidation sites excluding steroid dienone is 1. The van der Waals surface area contributed by atoms with E-state index in [1.54, 1.807) is 16.7 Å². The Morgan fingerprint density at radius 3 is 2.93 bits per heavy atom. The van der Waals surface area contributed by atoms with Gasteiger partial charge >= 0.3 is 0 Å². The van der Waals surface area contributed by atoms with Crippen LogP contribution in [0.15, 0.2) is 58.3 Å². The first-order valence-corrected chi connectivity index (χ1v) is 11.0. The summed E-state index contributed by atoms with van der Waals surface area (Å²) < 4.78 is 1.60. The van der Waals surface area contributed by atoms with Crippen LogP contribution in [-0.2, 0) is 24.3 Å². The molecule has 0 saturated heterocycles. The lowest BCUT2D eigenvalue weighted by molar-refractivity contribution is -0.131. The molecule has 28 heavy (non-hydrogen) atoms. The number of benzene rings is 1. The Morgan fingerprint density at radius 1 is 1.36 bits per heavy atom. The second-order valence-electron chi connectivity index (χ2n) is 6.78. The summed E-state index contributed by atoms with van der Waals surface area (Å²) in [7, 11) is 0. The lowest BCUT2D eigenvalue weighted by Crippen LogP contribution is -2.40. The third-order valence-electron chi connectivity index (χ3n) is 4.93. The van der Waals surface area contributed by atoms with Crippen LogP contribution in [0.2, 0.25) is 0 Å². The second kappa shape index (κ2) is 7.93. The van der Waals surface area contributed by atoms with Crippen molar-refractivity contribution in [2.75, 3.05) is 6.54 Å². The Bertz CT molecular complexity index is 1100. The Kier molecular flexibility index (Phi) is 5.37. The fourth-order valence-electron chi connectivity index (χ4n) is 3.46. The second-order valence-corrected chi connectivity index (χ2v) is 8.98. The van der Waals surface area contributed by atoms with E-state index in [2.05, 4.69) is 23.7 Å². The molecule has 1 aromatic carbocycles. The maximum absolute atomic E-state index is 13.1. The fraction of sp³-hybridized carbons (Fsp3) is 0.286. The van der Waals surface area contributed by atoms with Gasteiger partial charge in [0.15, 0.2) is 5.16 Å². The molecular formula is C21H21N3O2S2. The third kappa shape index (κ3) is 3.52. The minimum absolute atomic E-state index is 0.0742. The molecule has 1 aliphatic rings. The normalized spacial score (nSPS) is 14.7. The minimum Gasteiger partial charge on any atom is -0.337 e. The molecule has 1 unspecified atom stereocenters. The molecule has 3 heterocycles. The summed E-state index contributed by atoms with van der Waals surface area (Å²) in [4.78, 5) is 33.1. The predicted molar refractivity (Wildman–Crippen MR) is 115 cm³/mol. The van der Waals surface area contributed by atoms with Gasteiger partial charge in [-0.1, -0.05) is 42.1 Å². The lowest BCUT2D eigenvalue weighted by atomic mass is 10.00. The van der Waals surface area contributed by atoms with Gasteiger partial charge in [0.2, 0.25) is 5.91 Å². The van der Waals surface area contributed by atoms with Gasteiger partial charge in [-0.15, -0.1) is 17.9 Å². The number of hydrogen-bond acceptors (Lipinski definition) is 5. The number of nitrogens with zero attached hydrogens (tertiary/aromatic N) is 3. The molecule has 0 spiro atoms. The Balaban J connectivity index is 1.57. The van der Waals surface area contributed by atoms with Crippen molar-refractivity contribution in [3.63, 3.8) is 0 Å². The lowest BCUT2D eigenvalue weighted by Gasteiger charge is -2.30. The minimum atomic E-state index is -0.328. The quantitative estimate of drug-likeness (QED) is 0.365. The van der Waals surface area contributed by atoms with E-state index in [9.17, 15) is 9.59 Å². The van der Waals surface area contributed by atoms with E-state index in [4.69, 9.17) is 0 Å². The topological polar surface area (TPSA) is 55.2 Å². The Labute approximate surface area is 171 Å². The van der Waals surface area contributed by atoms with Crippen molar-refractivity contribution in [1.82, 2.24) is 14.5 Å². The average molecular weight is 412 g/mol. The molecule has 144 valence electrons. The van der Waals surface area contributed by atoms with E-state index in [0.717, 1.165) is 13.0 Å². The van der Waals surface area contributed by atoms with Crippen LogP contribution < -0.4 is 5.56 Å². The Morgan fingerprint density at radius 2 is 2.14 bits per heavy atom. The maximum Gasteiger partial charge on any atom is 0.263 e. The van der Waals surface area contributed by atoms with Crippen LogP contribution in [-0.4, -0.2) is 32.2 Å². The highest BCUT2D eigenvalue weighted by Gasteiger charge is 2.26. The van der Waals surface area contributed by atoms with Crippen LogP contribution in [0.4, 0.5) is 0 Å². The van der Waals surface area contributed by atoms with Crippen LogP contribution in [0.3, 0.4) is 0 Å². The predicted octanol–water partition coefficient (Wildman–Crippen LogP) is 3.71. The van der Waals surface area contributed by atoms with E-state index in [1.165, 1.54) is 34.2 Å². The van der Waals surface area contributed by atoms with Gasteiger partial charge < -0.3 is 4.90 Å². The highest BCUT2D eigenvalue weighted by molar-refractivity contribution is 8.00. The van der Waals surface area contributed by atoms with Gasteiger partial charge in [0, 0.05) is 19.6 Å². The van der Waals surface area contributed by atoms with Gasteiger partial charge in [-0.3, -0.25) is 14.2 Å². The zero-order chi connectivity index (χ0) is 19.7. The van der Waals surface area contributed by atoms with Gasteiger partial charge in [-0.2, -0.15) is 0 Å². The fourth-order valence-corrected chi connectivity index (χ4v) is 5.27. The number of hydrogen-bond donors (Lipinski definition) is 0. The number of fused-ring (bicyclic) bond motifs is 2. The van der Waals surface area contributed by atoms with Crippen molar-refractivity contribution in [1.29, 1.82) is 0 Å². The summed E-state index contributed by atoms with van der Waals surface area (Å²) in [6.07, 6.45) is 2.55. The van der Waals surface area contributed by atoms with Gasteiger partial charge in [0.25, 0.3) is 5.56 Å². The van der Waals surface area contributed by atoms with Crippen molar-refractivity contribution in [2.45, 2.75) is 36.8 Å². The van der Waals surface area contributed by atoms with E-state index >= 15 is 0 Å². The molecule has 3 aromatic rings.